The highest BCUT2D eigenvalue weighted by atomic mass is 35.5. The van der Waals surface area contributed by atoms with Crippen LogP contribution in [0.4, 0.5) is 30.7 Å². The summed E-state index contributed by atoms with van der Waals surface area (Å²) >= 11 is 0. The molecular weight excluding hydrogens is 621 g/mol. The zero-order valence-electron chi connectivity index (χ0n) is 23.9. The molecule has 2 aliphatic rings. The summed E-state index contributed by atoms with van der Waals surface area (Å²) in [6.07, 6.45) is -9.81. The number of piperidine rings is 1. The Bertz CT molecular complexity index is 1350. The molecule has 2 atom stereocenters. The summed E-state index contributed by atoms with van der Waals surface area (Å²) in [6, 6.07) is 5.30. The van der Waals surface area contributed by atoms with Crippen LogP contribution in [-0.2, 0) is 33.3 Å². The van der Waals surface area contributed by atoms with Crippen molar-refractivity contribution in [2.24, 2.45) is 5.92 Å². The van der Waals surface area contributed by atoms with Crippen molar-refractivity contribution in [2.75, 3.05) is 46.3 Å². The number of benzene rings is 2. The average molecular weight is 653 g/mol. The van der Waals surface area contributed by atoms with Crippen molar-refractivity contribution in [1.82, 2.24) is 20.0 Å². The van der Waals surface area contributed by atoms with E-state index < -0.39 is 53.6 Å². The third-order valence-corrected chi connectivity index (χ3v) is 7.84. The van der Waals surface area contributed by atoms with Crippen molar-refractivity contribution in [1.29, 1.82) is 0 Å². The topological polar surface area (TPSA) is 73.0 Å². The van der Waals surface area contributed by atoms with E-state index in [1.807, 2.05) is 4.90 Å². The molecule has 1 N–H and O–H groups in total. The molecule has 2 aromatic carbocycles. The Labute approximate surface area is 255 Å². The number of carbonyl (C=O) groups is 3. The first-order valence-corrected chi connectivity index (χ1v) is 13.6. The minimum Gasteiger partial charge on any atom is -0.353 e. The smallest absolute Gasteiger partial charge is 0.353 e. The van der Waals surface area contributed by atoms with Crippen molar-refractivity contribution in [3.8, 4) is 0 Å². The molecule has 0 saturated carbocycles. The van der Waals surface area contributed by atoms with E-state index in [9.17, 15) is 45.1 Å². The Morgan fingerprint density at radius 2 is 1.64 bits per heavy atom. The highest BCUT2D eigenvalue weighted by molar-refractivity contribution is 5.87. The molecule has 2 aliphatic heterocycles. The van der Waals surface area contributed by atoms with E-state index in [0.29, 0.717) is 42.9 Å². The number of piperazine rings is 1. The second-order valence-corrected chi connectivity index (χ2v) is 11.0. The zero-order chi connectivity index (χ0) is 31.7. The largest absolute Gasteiger partial charge is 0.416 e. The molecule has 0 unspecified atom stereocenters. The molecule has 2 fully saturated rings. The Hall–Kier alpha value is -3.39. The summed E-state index contributed by atoms with van der Waals surface area (Å²) in [5.41, 5.74) is -2.08. The van der Waals surface area contributed by atoms with Gasteiger partial charge in [-0.2, -0.15) is 26.3 Å². The first kappa shape index (κ1) is 35.1. The van der Waals surface area contributed by atoms with Gasteiger partial charge in [0.15, 0.2) is 0 Å². The number of halogens is 8. The van der Waals surface area contributed by atoms with Crippen LogP contribution in [0.1, 0.15) is 40.2 Å². The van der Waals surface area contributed by atoms with Crippen molar-refractivity contribution in [3.63, 3.8) is 0 Å². The van der Waals surface area contributed by atoms with Crippen LogP contribution < -0.4 is 5.32 Å². The maximum atomic E-state index is 13.9. The summed E-state index contributed by atoms with van der Waals surface area (Å²) in [4.78, 5) is 42.7. The van der Waals surface area contributed by atoms with Crippen LogP contribution in [0, 0.1) is 18.7 Å². The van der Waals surface area contributed by atoms with Crippen LogP contribution in [0.3, 0.4) is 0 Å². The number of nitrogens with zero attached hydrogens (tertiary/aromatic N) is 3. The molecule has 7 nitrogen and oxygen atoms in total. The molecule has 2 saturated heterocycles. The standard InChI is InChI=1S/C29H31F7N4O3.ClH/c1-17-9-21(30)3-4-22(17)24-14-39(16-26(42)40-8-6-37-25(41)15-40)7-5-23(24)27(43)38(2)13-18-10-19(28(31,32)33)12-20(11-18)29(34,35)36;/h3-4,9-12,23-24H,5-8,13-16H2,1-2H3,(H,37,41);1H/t23-,24+;/m1./s1. The van der Waals surface area contributed by atoms with Crippen molar-refractivity contribution in [3.05, 3.63) is 70.0 Å². The van der Waals surface area contributed by atoms with Gasteiger partial charge in [0, 0.05) is 45.1 Å². The molecule has 44 heavy (non-hydrogen) atoms. The molecule has 0 aromatic heterocycles. The van der Waals surface area contributed by atoms with E-state index >= 15 is 0 Å². The predicted molar refractivity (Wildman–Crippen MR) is 148 cm³/mol. The quantitative estimate of drug-likeness (QED) is 0.463. The number of amides is 3. The lowest BCUT2D eigenvalue weighted by atomic mass is 9.78. The van der Waals surface area contributed by atoms with Crippen LogP contribution >= 0.6 is 12.4 Å². The molecule has 0 radical (unpaired) electrons. The van der Waals surface area contributed by atoms with Crippen LogP contribution in [-0.4, -0.2) is 78.7 Å². The van der Waals surface area contributed by atoms with E-state index in [2.05, 4.69) is 5.32 Å². The molecule has 4 rings (SSSR count). The van der Waals surface area contributed by atoms with Gasteiger partial charge in [0.25, 0.3) is 0 Å². The van der Waals surface area contributed by atoms with Gasteiger partial charge in [-0.15, -0.1) is 12.4 Å². The zero-order valence-corrected chi connectivity index (χ0v) is 24.7. The lowest BCUT2D eigenvalue weighted by molar-refractivity contribution is -0.143. The maximum absolute atomic E-state index is 13.9. The summed E-state index contributed by atoms with van der Waals surface area (Å²) < 4.78 is 94.1. The summed E-state index contributed by atoms with van der Waals surface area (Å²) in [5, 5.41) is 2.65. The molecule has 0 aliphatic carbocycles. The summed E-state index contributed by atoms with van der Waals surface area (Å²) in [7, 11) is 1.31. The third kappa shape index (κ3) is 8.40. The second-order valence-electron chi connectivity index (χ2n) is 11.0. The van der Waals surface area contributed by atoms with Gasteiger partial charge < -0.3 is 15.1 Å². The Kier molecular flexibility index (Phi) is 10.9. The fourth-order valence-electron chi connectivity index (χ4n) is 5.72. The third-order valence-electron chi connectivity index (χ3n) is 7.84. The minimum absolute atomic E-state index is 0. The summed E-state index contributed by atoms with van der Waals surface area (Å²) in [5.74, 6) is -2.81. The van der Waals surface area contributed by atoms with E-state index in [4.69, 9.17) is 0 Å². The van der Waals surface area contributed by atoms with Gasteiger partial charge in [0.2, 0.25) is 17.7 Å². The lowest BCUT2D eigenvalue weighted by Gasteiger charge is -2.40. The van der Waals surface area contributed by atoms with Crippen molar-refractivity contribution < 1.29 is 45.1 Å². The molecule has 0 bridgehead atoms. The van der Waals surface area contributed by atoms with Gasteiger partial charge >= 0.3 is 12.4 Å². The first-order valence-electron chi connectivity index (χ1n) is 13.6. The SMILES string of the molecule is Cc1cc(F)ccc1[C@@H]1CN(CC(=O)N2CCNC(=O)C2)CC[C@H]1C(=O)N(C)Cc1cc(C(F)(F)F)cc(C(F)(F)F)c1.Cl. The van der Waals surface area contributed by atoms with Crippen molar-refractivity contribution in [2.45, 2.75) is 38.2 Å². The van der Waals surface area contributed by atoms with Crippen LogP contribution in [0.15, 0.2) is 36.4 Å². The van der Waals surface area contributed by atoms with E-state index in [-0.39, 0.29) is 61.9 Å². The second kappa shape index (κ2) is 13.7. The predicted octanol–water partition coefficient (Wildman–Crippen LogP) is 4.62. The van der Waals surface area contributed by atoms with Gasteiger partial charge in [-0.3, -0.25) is 19.3 Å². The molecule has 0 spiro atoms. The number of aryl methyl sites for hydroxylation is 1. The van der Waals surface area contributed by atoms with Gasteiger partial charge in [-0.1, -0.05) is 6.07 Å². The molecule has 242 valence electrons. The van der Waals surface area contributed by atoms with Gasteiger partial charge in [0.05, 0.1) is 24.2 Å². The van der Waals surface area contributed by atoms with Gasteiger partial charge in [-0.25, -0.2) is 4.39 Å². The van der Waals surface area contributed by atoms with E-state index in [1.165, 1.54) is 30.1 Å². The van der Waals surface area contributed by atoms with E-state index in [1.54, 1.807) is 6.92 Å². The Morgan fingerprint density at radius 1 is 1.00 bits per heavy atom. The minimum atomic E-state index is -5.02. The Balaban J connectivity index is 0.00000529. The molecule has 2 heterocycles. The summed E-state index contributed by atoms with van der Waals surface area (Å²) in [6.45, 7) is 2.28. The van der Waals surface area contributed by atoms with Crippen molar-refractivity contribution >= 4 is 30.1 Å². The molecule has 15 heteroatoms. The number of nitrogens with one attached hydrogen (secondary N) is 1. The highest BCUT2D eigenvalue weighted by Gasteiger charge is 2.40. The molecule has 3 amide bonds. The number of hydrogen-bond donors (Lipinski definition) is 1. The monoisotopic (exact) mass is 652 g/mol. The normalized spacial score (nSPS) is 19.7. The van der Waals surface area contributed by atoms with Crippen LogP contribution in [0.25, 0.3) is 0 Å². The molecular formula is C29H32ClF7N4O3. The number of alkyl halides is 6. The van der Waals surface area contributed by atoms with Gasteiger partial charge in [-0.05, 0) is 66.9 Å². The Morgan fingerprint density at radius 3 is 2.20 bits per heavy atom. The average Bonchev–Trinajstić information content (AvgIpc) is 2.91. The lowest BCUT2D eigenvalue weighted by Crippen LogP contribution is -2.54. The van der Waals surface area contributed by atoms with Gasteiger partial charge in [0.1, 0.15) is 5.82 Å². The van der Waals surface area contributed by atoms with Crippen LogP contribution in [0.2, 0.25) is 0 Å². The van der Waals surface area contributed by atoms with Crippen LogP contribution in [0.5, 0.6) is 0 Å². The fraction of sp³-hybridized carbons (Fsp3) is 0.483. The first-order chi connectivity index (χ1) is 20.0. The number of hydrogen-bond acceptors (Lipinski definition) is 4. The number of likely N-dealkylation sites (tertiary alicyclic amines) is 1. The maximum Gasteiger partial charge on any atom is 0.416 e. The number of carbonyl (C=O) groups excluding carboxylic acids is 3. The fourth-order valence-corrected chi connectivity index (χ4v) is 5.72. The number of rotatable bonds is 6. The highest BCUT2D eigenvalue weighted by Crippen LogP contribution is 2.38. The van der Waals surface area contributed by atoms with E-state index in [0.717, 1.165) is 4.90 Å². The molecule has 2 aromatic rings.